The van der Waals surface area contributed by atoms with Crippen molar-refractivity contribution < 1.29 is 4.79 Å². The first-order valence-corrected chi connectivity index (χ1v) is 9.09. The zero-order valence-corrected chi connectivity index (χ0v) is 14.5. The number of nitrogens with zero attached hydrogens (tertiary/aromatic N) is 2. The van der Waals surface area contributed by atoms with Crippen LogP contribution in [0.4, 0.5) is 0 Å². The third-order valence-electron chi connectivity index (χ3n) is 2.72. The van der Waals surface area contributed by atoms with Crippen molar-refractivity contribution in [2.45, 2.75) is 0 Å². The number of hydrogen-bond acceptors (Lipinski definition) is 4. The number of aromatic nitrogens is 2. The van der Waals surface area contributed by atoms with Crippen LogP contribution in [0.5, 0.6) is 0 Å². The molecule has 3 nitrogen and oxygen atoms in total. The number of benzene rings is 1. The number of halogens is 2. The van der Waals surface area contributed by atoms with Crippen molar-refractivity contribution in [3.63, 3.8) is 0 Å². The van der Waals surface area contributed by atoms with Crippen molar-refractivity contribution in [1.29, 1.82) is 0 Å². The Morgan fingerprint density at radius 1 is 1.19 bits per heavy atom. The molecule has 2 aromatic rings. The minimum Gasteiger partial charge on any atom is -0.301 e. The first kappa shape index (κ1) is 16.5. The molecule has 0 aliphatic rings. The van der Waals surface area contributed by atoms with Gasteiger partial charge >= 0.3 is 0 Å². The van der Waals surface area contributed by atoms with Crippen molar-refractivity contribution in [2.24, 2.45) is 0 Å². The number of carbonyl (C=O) groups is 1. The van der Waals surface area contributed by atoms with E-state index in [0.29, 0.717) is 21.3 Å². The van der Waals surface area contributed by atoms with Gasteiger partial charge in [-0.25, -0.2) is 4.98 Å². The summed E-state index contributed by atoms with van der Waals surface area (Å²) in [5, 5.41) is 0.790. The Bertz CT molecular complexity index is 678. The van der Waals surface area contributed by atoms with E-state index in [1.807, 2.05) is 12.5 Å². The molecule has 0 unspecified atom stereocenters. The fourth-order valence-electron chi connectivity index (χ4n) is 1.76. The van der Waals surface area contributed by atoms with Gasteiger partial charge in [-0.2, -0.15) is 0 Å². The molecule has 21 heavy (non-hydrogen) atoms. The Hall–Kier alpha value is -0.880. The lowest BCUT2D eigenvalue weighted by molar-refractivity contribution is 0.105. The molecule has 0 saturated carbocycles. The summed E-state index contributed by atoms with van der Waals surface area (Å²) in [6.07, 6.45) is 8.87. The smallest absolute Gasteiger partial charge is 0.211 e. The summed E-state index contributed by atoms with van der Waals surface area (Å²) >= 11 is 14.9. The summed E-state index contributed by atoms with van der Waals surface area (Å²) in [6, 6.07) is 4.88. The van der Waals surface area contributed by atoms with E-state index < -0.39 is 0 Å². The molecular formula is C14H12Cl2N2OS2. The van der Waals surface area contributed by atoms with Gasteiger partial charge in [0.1, 0.15) is 5.70 Å². The van der Waals surface area contributed by atoms with Crippen LogP contribution < -0.4 is 0 Å². The SMILES string of the molecule is CSC(SC)=C(C(=O)c1ccc(Cl)c(Cl)c1)n1ccnc1. The Morgan fingerprint density at radius 3 is 2.43 bits per heavy atom. The van der Waals surface area contributed by atoms with E-state index in [1.54, 1.807) is 41.5 Å². The maximum Gasteiger partial charge on any atom is 0.211 e. The molecule has 1 aromatic carbocycles. The minimum absolute atomic E-state index is 0.120. The van der Waals surface area contributed by atoms with Crippen LogP contribution in [-0.2, 0) is 0 Å². The van der Waals surface area contributed by atoms with Gasteiger partial charge in [0.15, 0.2) is 0 Å². The molecule has 0 radical (unpaired) electrons. The standard InChI is InChI=1S/C14H12Cl2N2OS2/c1-20-14(21-2)12(18-6-5-17-8-18)13(19)9-3-4-10(15)11(16)7-9/h3-8H,1-2H3. The summed E-state index contributed by atoms with van der Waals surface area (Å²) < 4.78 is 2.62. The topological polar surface area (TPSA) is 34.9 Å². The van der Waals surface area contributed by atoms with Gasteiger partial charge in [0.2, 0.25) is 5.78 Å². The second-order valence-corrected chi connectivity index (χ2v) is 6.68. The Morgan fingerprint density at radius 2 is 1.90 bits per heavy atom. The molecular weight excluding hydrogens is 347 g/mol. The van der Waals surface area contributed by atoms with E-state index in [-0.39, 0.29) is 5.78 Å². The highest BCUT2D eigenvalue weighted by Crippen LogP contribution is 2.33. The molecule has 0 spiro atoms. The Kier molecular flexibility index (Phi) is 5.81. The molecule has 0 fully saturated rings. The molecule has 0 atom stereocenters. The predicted octanol–water partition coefficient (Wildman–Crippen LogP) is 4.92. The van der Waals surface area contributed by atoms with Crippen molar-refractivity contribution in [3.8, 4) is 0 Å². The van der Waals surface area contributed by atoms with Gasteiger partial charge in [-0.3, -0.25) is 4.79 Å². The third-order valence-corrected chi connectivity index (χ3v) is 5.59. The quantitative estimate of drug-likeness (QED) is 0.560. The van der Waals surface area contributed by atoms with Crippen LogP contribution in [0, 0.1) is 0 Å². The number of ketones is 1. The van der Waals surface area contributed by atoms with Crippen molar-refractivity contribution in [2.75, 3.05) is 12.5 Å². The zero-order valence-electron chi connectivity index (χ0n) is 11.3. The molecule has 0 bridgehead atoms. The summed E-state index contributed by atoms with van der Waals surface area (Å²) in [5.41, 5.74) is 1.06. The second kappa shape index (κ2) is 7.40. The first-order chi connectivity index (χ1) is 10.1. The predicted molar refractivity (Wildman–Crippen MR) is 93.3 cm³/mol. The van der Waals surface area contributed by atoms with E-state index in [2.05, 4.69) is 4.98 Å². The van der Waals surface area contributed by atoms with E-state index in [9.17, 15) is 4.79 Å². The monoisotopic (exact) mass is 358 g/mol. The number of Topliss-reactive ketones (excluding diaryl/α,β-unsaturated/α-hetero) is 1. The van der Waals surface area contributed by atoms with Crippen molar-refractivity contribution >= 4 is 58.2 Å². The van der Waals surface area contributed by atoms with E-state index in [1.165, 1.54) is 23.5 Å². The molecule has 0 N–H and O–H groups in total. The van der Waals surface area contributed by atoms with Gasteiger partial charge in [-0.1, -0.05) is 23.2 Å². The van der Waals surface area contributed by atoms with Gasteiger partial charge in [0.25, 0.3) is 0 Å². The molecule has 0 aliphatic carbocycles. The van der Waals surface area contributed by atoms with Crippen LogP contribution in [0.1, 0.15) is 10.4 Å². The van der Waals surface area contributed by atoms with Crippen molar-refractivity contribution in [1.82, 2.24) is 9.55 Å². The Labute approximate surface area is 141 Å². The maximum atomic E-state index is 12.8. The number of hydrogen-bond donors (Lipinski definition) is 0. The lowest BCUT2D eigenvalue weighted by Gasteiger charge is -2.12. The average Bonchev–Trinajstić information content (AvgIpc) is 3.00. The number of thioether (sulfide) groups is 2. The minimum atomic E-state index is -0.120. The largest absolute Gasteiger partial charge is 0.301 e. The summed E-state index contributed by atoms with van der Waals surface area (Å²) in [4.78, 5) is 16.8. The van der Waals surface area contributed by atoms with Gasteiger partial charge in [-0.05, 0) is 30.7 Å². The van der Waals surface area contributed by atoms with Gasteiger partial charge in [0.05, 0.1) is 20.6 Å². The van der Waals surface area contributed by atoms with Crippen molar-refractivity contribution in [3.05, 3.63) is 56.8 Å². The molecule has 0 saturated heterocycles. The molecule has 7 heteroatoms. The summed E-state index contributed by atoms with van der Waals surface area (Å²) in [5.74, 6) is -0.120. The Balaban J connectivity index is 2.54. The summed E-state index contributed by atoms with van der Waals surface area (Å²) in [7, 11) is 0. The van der Waals surface area contributed by atoms with Gasteiger partial charge in [-0.15, -0.1) is 23.5 Å². The highest BCUT2D eigenvalue weighted by Gasteiger charge is 2.19. The molecule has 1 aromatic heterocycles. The van der Waals surface area contributed by atoms with Crippen LogP contribution in [0.25, 0.3) is 5.70 Å². The molecule has 2 rings (SSSR count). The number of carbonyl (C=O) groups excluding carboxylic acids is 1. The number of rotatable bonds is 5. The zero-order chi connectivity index (χ0) is 15.4. The van der Waals surface area contributed by atoms with E-state index in [4.69, 9.17) is 23.2 Å². The fraction of sp³-hybridized carbons (Fsp3) is 0.143. The van der Waals surface area contributed by atoms with Crippen LogP contribution in [0.15, 0.2) is 41.2 Å². The van der Waals surface area contributed by atoms with E-state index in [0.717, 1.165) is 4.24 Å². The number of imidazole rings is 1. The highest BCUT2D eigenvalue weighted by atomic mass is 35.5. The first-order valence-electron chi connectivity index (χ1n) is 5.88. The van der Waals surface area contributed by atoms with Gasteiger partial charge in [0, 0.05) is 18.0 Å². The average molecular weight is 359 g/mol. The maximum absolute atomic E-state index is 12.8. The molecule has 0 amide bonds. The lowest BCUT2D eigenvalue weighted by atomic mass is 10.1. The van der Waals surface area contributed by atoms with Crippen LogP contribution in [-0.4, -0.2) is 27.8 Å². The molecule has 110 valence electrons. The van der Waals surface area contributed by atoms with Crippen LogP contribution >= 0.6 is 46.7 Å². The molecule has 1 heterocycles. The summed E-state index contributed by atoms with van der Waals surface area (Å²) in [6.45, 7) is 0. The van der Waals surface area contributed by atoms with Crippen LogP contribution in [0.2, 0.25) is 10.0 Å². The lowest BCUT2D eigenvalue weighted by Crippen LogP contribution is -2.09. The second-order valence-electron chi connectivity index (χ2n) is 3.97. The highest BCUT2D eigenvalue weighted by molar-refractivity contribution is 8.22. The van der Waals surface area contributed by atoms with E-state index >= 15 is 0 Å². The number of allylic oxidation sites excluding steroid dienone is 1. The van der Waals surface area contributed by atoms with Gasteiger partial charge < -0.3 is 4.57 Å². The third kappa shape index (κ3) is 3.66. The van der Waals surface area contributed by atoms with Crippen LogP contribution in [0.3, 0.4) is 0 Å². The fourth-order valence-corrected chi connectivity index (χ4v) is 3.51. The molecule has 0 aliphatic heterocycles. The normalized spacial score (nSPS) is 10.5.